The van der Waals surface area contributed by atoms with Gasteiger partial charge < -0.3 is 4.81 Å². The van der Waals surface area contributed by atoms with Crippen LogP contribution in [0.25, 0.3) is 45.0 Å². The molecular formula is C34H23BN4. The third kappa shape index (κ3) is 3.51. The normalized spacial score (nSPS) is 12.9. The molecule has 3 heterocycles. The molecule has 0 aliphatic carbocycles. The summed E-state index contributed by atoms with van der Waals surface area (Å²) >= 11 is 0. The number of anilines is 2. The van der Waals surface area contributed by atoms with Gasteiger partial charge in [0.2, 0.25) is 5.95 Å². The predicted molar refractivity (Wildman–Crippen MR) is 159 cm³/mol. The number of benzene rings is 5. The van der Waals surface area contributed by atoms with Crippen LogP contribution in [0.15, 0.2) is 127 Å². The summed E-state index contributed by atoms with van der Waals surface area (Å²) in [6.07, 6.45) is 0.877. The third-order valence-corrected chi connectivity index (χ3v) is 7.83. The van der Waals surface area contributed by atoms with E-state index in [9.17, 15) is 0 Å². The van der Waals surface area contributed by atoms with Gasteiger partial charge in [0.15, 0.2) is 11.6 Å². The van der Waals surface area contributed by atoms with Crippen LogP contribution >= 0.6 is 0 Å². The van der Waals surface area contributed by atoms with Crippen LogP contribution in [0, 0.1) is 0 Å². The van der Waals surface area contributed by atoms with Crippen molar-refractivity contribution < 1.29 is 0 Å². The number of hydrogen-bond acceptors (Lipinski definition) is 4. The van der Waals surface area contributed by atoms with Crippen LogP contribution in [0.3, 0.4) is 0 Å². The first kappa shape index (κ1) is 22.0. The van der Waals surface area contributed by atoms with E-state index in [0.29, 0.717) is 17.6 Å². The fourth-order valence-electron chi connectivity index (χ4n) is 6.12. The minimum absolute atomic E-state index is 0.0654. The average Bonchev–Trinajstić information content (AvgIpc) is 3.02. The number of para-hydroxylation sites is 1. The molecule has 0 amide bonds. The second kappa shape index (κ2) is 8.78. The van der Waals surface area contributed by atoms with Gasteiger partial charge in [0.05, 0.1) is 0 Å². The highest BCUT2D eigenvalue weighted by molar-refractivity contribution is 6.81. The van der Waals surface area contributed by atoms with Crippen LogP contribution in [0.1, 0.15) is 5.56 Å². The summed E-state index contributed by atoms with van der Waals surface area (Å²) in [7, 11) is 0. The van der Waals surface area contributed by atoms with Crippen LogP contribution in [-0.4, -0.2) is 21.8 Å². The molecule has 0 saturated carbocycles. The van der Waals surface area contributed by atoms with Gasteiger partial charge in [-0.2, -0.15) is 9.97 Å². The van der Waals surface area contributed by atoms with E-state index in [4.69, 9.17) is 15.0 Å². The van der Waals surface area contributed by atoms with Crippen LogP contribution in [0.4, 0.5) is 11.6 Å². The molecule has 1 aromatic heterocycles. The molecule has 0 fully saturated rings. The van der Waals surface area contributed by atoms with Crippen molar-refractivity contribution in [3.05, 3.63) is 133 Å². The molecule has 182 valence electrons. The van der Waals surface area contributed by atoms with Crippen LogP contribution < -0.4 is 10.3 Å². The molecule has 0 atom stereocenters. The highest BCUT2D eigenvalue weighted by Crippen LogP contribution is 2.43. The summed E-state index contributed by atoms with van der Waals surface area (Å²) < 4.78 is 0. The Bertz CT molecular complexity index is 1780. The predicted octanol–water partition coefficient (Wildman–Crippen LogP) is 6.99. The lowest BCUT2D eigenvalue weighted by Gasteiger charge is -2.40. The van der Waals surface area contributed by atoms with Gasteiger partial charge in [0.25, 0.3) is 0 Å². The second-order valence-electron chi connectivity index (χ2n) is 10.0. The molecule has 0 bridgehead atoms. The number of nitrogens with zero attached hydrogens (tertiary/aromatic N) is 4. The van der Waals surface area contributed by atoms with E-state index >= 15 is 0 Å². The summed E-state index contributed by atoms with van der Waals surface area (Å²) in [4.78, 5) is 17.6. The van der Waals surface area contributed by atoms with E-state index < -0.39 is 0 Å². The Morgan fingerprint density at radius 2 is 1.03 bits per heavy atom. The molecule has 39 heavy (non-hydrogen) atoms. The van der Waals surface area contributed by atoms with Gasteiger partial charge in [-0.25, -0.2) is 4.98 Å². The van der Waals surface area contributed by atoms with E-state index in [-0.39, 0.29) is 6.85 Å². The van der Waals surface area contributed by atoms with Gasteiger partial charge in [0, 0.05) is 22.4 Å². The molecule has 8 rings (SSSR count). The van der Waals surface area contributed by atoms with E-state index in [1.807, 2.05) is 36.4 Å². The minimum atomic E-state index is 0.0654. The van der Waals surface area contributed by atoms with E-state index in [1.165, 1.54) is 33.3 Å². The zero-order chi connectivity index (χ0) is 25.8. The molecule has 0 radical (unpaired) electrons. The molecule has 0 unspecified atom stereocenters. The molecule has 0 saturated heterocycles. The van der Waals surface area contributed by atoms with Gasteiger partial charge in [-0.15, -0.1) is 0 Å². The molecule has 0 spiro atoms. The first-order valence-electron chi connectivity index (χ1n) is 13.3. The number of aromatic nitrogens is 3. The van der Waals surface area contributed by atoms with Crippen LogP contribution in [-0.2, 0) is 6.32 Å². The van der Waals surface area contributed by atoms with Crippen molar-refractivity contribution in [2.45, 2.75) is 6.32 Å². The highest BCUT2D eigenvalue weighted by Gasteiger charge is 2.41. The van der Waals surface area contributed by atoms with Gasteiger partial charge in [-0.05, 0) is 40.1 Å². The largest absolute Gasteiger partial charge is 0.350 e. The SMILES string of the molecule is c1ccc(-c2nc(-c3ccccc3)nc(N3B4Cc5ccccc5-c5cccc(c54)-c4ccccc43)n2)cc1. The average molecular weight is 498 g/mol. The molecule has 2 aliphatic rings. The maximum absolute atomic E-state index is 5.14. The Kier molecular flexibility index (Phi) is 4.95. The zero-order valence-electron chi connectivity index (χ0n) is 21.2. The molecule has 0 N–H and O–H groups in total. The smallest absolute Gasteiger partial charge is 0.303 e. The lowest BCUT2D eigenvalue weighted by molar-refractivity contribution is 1.03. The number of rotatable bonds is 3. The van der Waals surface area contributed by atoms with Crippen molar-refractivity contribution >= 4 is 23.9 Å². The second-order valence-corrected chi connectivity index (χ2v) is 10.0. The first-order chi connectivity index (χ1) is 19.3. The standard InChI is InChI=1S/C34H23BN4/c1-3-12-23(13-4-1)32-36-33(24-14-5-2-6-15-24)38-34(37-32)39-30-21-10-9-18-27(30)29-20-11-19-28-26-17-8-7-16-25(26)22-35(39)31(28)29/h1-21H,22H2. The van der Waals surface area contributed by atoms with Crippen molar-refractivity contribution in [3.8, 4) is 45.0 Å². The van der Waals surface area contributed by atoms with Crippen LogP contribution in [0.2, 0.25) is 0 Å². The summed E-state index contributed by atoms with van der Waals surface area (Å²) in [5, 5.41) is 0. The molecule has 5 aromatic carbocycles. The summed E-state index contributed by atoms with van der Waals surface area (Å²) in [6.45, 7) is 0.0654. The van der Waals surface area contributed by atoms with Crippen molar-refractivity contribution in [1.29, 1.82) is 0 Å². The summed E-state index contributed by atoms with van der Waals surface area (Å²) in [5.74, 6) is 2.01. The maximum Gasteiger partial charge on any atom is 0.303 e. The number of fused-ring (bicyclic) bond motifs is 4. The lowest BCUT2D eigenvalue weighted by atomic mass is 9.43. The van der Waals surface area contributed by atoms with Gasteiger partial charge in [0.1, 0.15) is 0 Å². The quantitative estimate of drug-likeness (QED) is 0.247. The molecular weight excluding hydrogens is 475 g/mol. The Labute approximate surface area is 227 Å². The summed E-state index contributed by atoms with van der Waals surface area (Å²) in [6, 6.07) is 44.5. The fraction of sp³-hybridized carbons (Fsp3) is 0.0294. The Balaban J connectivity index is 1.40. The van der Waals surface area contributed by atoms with Crippen molar-refractivity contribution in [2.24, 2.45) is 0 Å². The summed E-state index contributed by atoms with van der Waals surface area (Å²) in [5.41, 5.74) is 10.9. The Morgan fingerprint density at radius 1 is 0.487 bits per heavy atom. The Morgan fingerprint density at radius 3 is 1.72 bits per heavy atom. The van der Waals surface area contributed by atoms with E-state index in [0.717, 1.165) is 23.1 Å². The highest BCUT2D eigenvalue weighted by atomic mass is 15.2. The van der Waals surface area contributed by atoms with Crippen molar-refractivity contribution in [2.75, 3.05) is 4.81 Å². The molecule has 2 aliphatic heterocycles. The van der Waals surface area contributed by atoms with E-state index in [1.54, 1.807) is 0 Å². The molecule has 6 aromatic rings. The minimum Gasteiger partial charge on any atom is -0.350 e. The van der Waals surface area contributed by atoms with Gasteiger partial charge in [-0.3, -0.25) is 0 Å². The van der Waals surface area contributed by atoms with E-state index in [2.05, 4.69) is 95.8 Å². The zero-order valence-corrected chi connectivity index (χ0v) is 21.2. The van der Waals surface area contributed by atoms with Crippen molar-refractivity contribution in [3.63, 3.8) is 0 Å². The lowest BCUT2D eigenvalue weighted by Crippen LogP contribution is -2.54. The first-order valence-corrected chi connectivity index (χ1v) is 13.3. The monoisotopic (exact) mass is 498 g/mol. The third-order valence-electron chi connectivity index (χ3n) is 7.83. The number of hydrogen-bond donors (Lipinski definition) is 0. The topological polar surface area (TPSA) is 41.9 Å². The maximum atomic E-state index is 5.14. The van der Waals surface area contributed by atoms with Crippen LogP contribution in [0.5, 0.6) is 0 Å². The fourth-order valence-corrected chi connectivity index (χ4v) is 6.12. The molecule has 4 nitrogen and oxygen atoms in total. The molecule has 5 heteroatoms. The van der Waals surface area contributed by atoms with Gasteiger partial charge >= 0.3 is 6.85 Å². The Hall–Kier alpha value is -5.03. The van der Waals surface area contributed by atoms with Crippen molar-refractivity contribution in [1.82, 2.24) is 15.0 Å². The van der Waals surface area contributed by atoms with Gasteiger partial charge in [-0.1, -0.05) is 121 Å².